The van der Waals surface area contributed by atoms with E-state index in [1.165, 1.54) is 23.5 Å². The summed E-state index contributed by atoms with van der Waals surface area (Å²) in [6, 6.07) is 11.6. The Morgan fingerprint density at radius 2 is 2.03 bits per heavy atom. The molecule has 0 aliphatic carbocycles. The van der Waals surface area contributed by atoms with Crippen LogP contribution in [0.15, 0.2) is 47.4 Å². The Hall–Kier alpha value is -2.09. The Balaban J connectivity index is 1.85. The van der Waals surface area contributed by atoms with Crippen molar-refractivity contribution in [2.45, 2.75) is 43.7 Å². The van der Waals surface area contributed by atoms with Crippen LogP contribution in [0.4, 0.5) is 0 Å². The number of hydrogen-bond donors (Lipinski definition) is 1. The van der Waals surface area contributed by atoms with Crippen LogP contribution in [0.1, 0.15) is 42.1 Å². The molecule has 8 heteroatoms. The minimum atomic E-state index is -3.77. The molecule has 1 N–H and O–H groups in total. The van der Waals surface area contributed by atoms with Crippen molar-refractivity contribution in [2.24, 2.45) is 0 Å². The van der Waals surface area contributed by atoms with Crippen LogP contribution in [0.2, 0.25) is 5.02 Å². The van der Waals surface area contributed by atoms with Crippen LogP contribution in [0.3, 0.4) is 0 Å². The van der Waals surface area contributed by atoms with Gasteiger partial charge in [0.25, 0.3) is 5.91 Å². The zero-order chi connectivity index (χ0) is 21.0. The van der Waals surface area contributed by atoms with Crippen molar-refractivity contribution < 1.29 is 17.9 Å². The molecule has 0 aromatic heterocycles. The number of rotatable bonds is 6. The number of nitrogens with zero attached hydrogens (tertiary/aromatic N) is 1. The molecule has 156 valence electrons. The number of hydrogen-bond acceptors (Lipinski definition) is 4. The van der Waals surface area contributed by atoms with E-state index in [1.807, 2.05) is 19.1 Å². The summed E-state index contributed by atoms with van der Waals surface area (Å²) < 4.78 is 33.3. The number of amides is 1. The van der Waals surface area contributed by atoms with Crippen LogP contribution in [0.25, 0.3) is 0 Å². The van der Waals surface area contributed by atoms with Crippen molar-refractivity contribution in [1.29, 1.82) is 0 Å². The van der Waals surface area contributed by atoms with E-state index in [9.17, 15) is 13.2 Å². The molecule has 29 heavy (non-hydrogen) atoms. The molecule has 1 aliphatic rings. The van der Waals surface area contributed by atoms with Crippen molar-refractivity contribution in [2.75, 3.05) is 13.7 Å². The van der Waals surface area contributed by atoms with Crippen LogP contribution < -0.4 is 10.1 Å². The number of nitrogens with one attached hydrogen (secondary N) is 1. The smallest absolute Gasteiger partial charge is 0.251 e. The molecule has 0 bridgehead atoms. The quantitative estimate of drug-likeness (QED) is 0.746. The third kappa shape index (κ3) is 4.91. The lowest BCUT2D eigenvalue weighted by Gasteiger charge is -2.32. The van der Waals surface area contributed by atoms with Gasteiger partial charge in [-0.15, -0.1) is 0 Å². The molecule has 1 atom stereocenters. The van der Waals surface area contributed by atoms with E-state index in [4.69, 9.17) is 16.3 Å². The first-order valence-electron chi connectivity index (χ1n) is 9.55. The summed E-state index contributed by atoms with van der Waals surface area (Å²) in [5, 5.41) is 3.39. The summed E-state index contributed by atoms with van der Waals surface area (Å²) in [5.74, 6) is -0.134. The Kier molecular flexibility index (Phi) is 6.82. The van der Waals surface area contributed by atoms with E-state index < -0.39 is 10.0 Å². The molecule has 2 aromatic rings. The van der Waals surface area contributed by atoms with Gasteiger partial charge in [-0.2, -0.15) is 4.31 Å². The average Bonchev–Trinajstić information content (AvgIpc) is 2.71. The molecule has 1 saturated heterocycles. The van der Waals surface area contributed by atoms with Crippen molar-refractivity contribution >= 4 is 27.5 Å². The first kappa shape index (κ1) is 21.6. The molecular weight excluding hydrogens is 412 g/mol. The van der Waals surface area contributed by atoms with Crippen molar-refractivity contribution in [3.05, 3.63) is 58.6 Å². The fraction of sp³-hybridized carbons (Fsp3) is 0.381. The molecule has 1 fully saturated rings. The van der Waals surface area contributed by atoms with Gasteiger partial charge >= 0.3 is 0 Å². The Labute approximate surface area is 176 Å². The van der Waals surface area contributed by atoms with E-state index in [0.717, 1.165) is 24.8 Å². The maximum atomic E-state index is 13.3. The second-order valence-electron chi connectivity index (χ2n) is 7.14. The number of methoxy groups -OCH3 is 1. The predicted molar refractivity (Wildman–Crippen MR) is 113 cm³/mol. The van der Waals surface area contributed by atoms with Crippen LogP contribution in [0.5, 0.6) is 5.75 Å². The van der Waals surface area contributed by atoms with Crippen LogP contribution >= 0.6 is 11.6 Å². The first-order chi connectivity index (χ1) is 13.8. The SMILES string of the molecule is COc1ccc(C(=O)NCc2cccc(Cl)c2)cc1S(=O)(=O)N1CCCCC1C. The van der Waals surface area contributed by atoms with E-state index in [2.05, 4.69) is 5.32 Å². The minimum absolute atomic E-state index is 0.0177. The maximum absolute atomic E-state index is 13.3. The third-order valence-electron chi connectivity index (χ3n) is 5.10. The highest BCUT2D eigenvalue weighted by molar-refractivity contribution is 7.89. The first-order valence-corrected chi connectivity index (χ1v) is 11.4. The van der Waals surface area contributed by atoms with E-state index >= 15 is 0 Å². The fourth-order valence-corrected chi connectivity index (χ4v) is 5.60. The number of ether oxygens (including phenoxy) is 1. The number of halogens is 1. The van der Waals surface area contributed by atoms with E-state index in [0.29, 0.717) is 11.6 Å². The van der Waals surface area contributed by atoms with Crippen LogP contribution in [-0.4, -0.2) is 38.3 Å². The Bertz CT molecular complexity index is 994. The average molecular weight is 437 g/mol. The standard InChI is InChI=1S/C21H25ClN2O4S/c1-15-6-3-4-11-24(15)29(26,27)20-13-17(9-10-19(20)28-2)21(25)23-14-16-7-5-8-18(22)12-16/h5,7-10,12-13,15H,3-4,6,11,14H2,1-2H3,(H,23,25). The summed E-state index contributed by atoms with van der Waals surface area (Å²) in [6.45, 7) is 2.67. The molecule has 1 heterocycles. The summed E-state index contributed by atoms with van der Waals surface area (Å²) in [6.07, 6.45) is 2.66. The number of piperidine rings is 1. The van der Waals surface area contributed by atoms with E-state index in [-0.39, 0.29) is 34.7 Å². The second kappa shape index (κ2) is 9.15. The largest absolute Gasteiger partial charge is 0.495 e. The predicted octanol–water partition coefficient (Wildman–Crippen LogP) is 3.84. The van der Waals surface area contributed by atoms with Gasteiger partial charge < -0.3 is 10.1 Å². The van der Waals surface area contributed by atoms with Gasteiger partial charge in [0.15, 0.2) is 0 Å². The second-order valence-corrected chi connectivity index (χ2v) is 9.43. The summed E-state index contributed by atoms with van der Waals surface area (Å²) >= 11 is 5.97. The van der Waals surface area contributed by atoms with Gasteiger partial charge in [0, 0.05) is 29.7 Å². The lowest BCUT2D eigenvalue weighted by atomic mass is 10.1. The summed E-state index contributed by atoms with van der Waals surface area (Å²) in [5.41, 5.74) is 1.12. The lowest BCUT2D eigenvalue weighted by molar-refractivity contribution is 0.0950. The highest BCUT2D eigenvalue weighted by Crippen LogP contribution is 2.31. The van der Waals surface area contributed by atoms with Gasteiger partial charge in [-0.3, -0.25) is 4.79 Å². The maximum Gasteiger partial charge on any atom is 0.251 e. The normalized spacial score (nSPS) is 17.7. The summed E-state index contributed by atoms with van der Waals surface area (Å²) in [7, 11) is -2.35. The minimum Gasteiger partial charge on any atom is -0.495 e. The summed E-state index contributed by atoms with van der Waals surface area (Å²) in [4.78, 5) is 12.6. The van der Waals surface area contributed by atoms with Gasteiger partial charge in [0.2, 0.25) is 10.0 Å². The number of benzene rings is 2. The van der Waals surface area contributed by atoms with E-state index in [1.54, 1.807) is 18.2 Å². The Morgan fingerprint density at radius 1 is 1.24 bits per heavy atom. The highest BCUT2D eigenvalue weighted by Gasteiger charge is 2.33. The molecule has 1 amide bonds. The molecule has 1 aliphatic heterocycles. The molecular formula is C21H25ClN2O4S. The number of carbonyl (C=O) groups is 1. The molecule has 0 radical (unpaired) electrons. The van der Waals surface area contributed by atoms with Gasteiger partial charge in [-0.1, -0.05) is 30.2 Å². The highest BCUT2D eigenvalue weighted by atomic mass is 35.5. The zero-order valence-electron chi connectivity index (χ0n) is 16.5. The van der Waals surface area contributed by atoms with Gasteiger partial charge in [-0.25, -0.2) is 8.42 Å². The van der Waals surface area contributed by atoms with Crippen molar-refractivity contribution in [3.8, 4) is 5.75 Å². The monoisotopic (exact) mass is 436 g/mol. The molecule has 6 nitrogen and oxygen atoms in total. The van der Waals surface area contributed by atoms with Crippen molar-refractivity contribution in [1.82, 2.24) is 9.62 Å². The Morgan fingerprint density at radius 3 is 2.72 bits per heavy atom. The zero-order valence-corrected chi connectivity index (χ0v) is 18.1. The van der Waals surface area contributed by atoms with Gasteiger partial charge in [0.05, 0.1) is 7.11 Å². The van der Waals surface area contributed by atoms with Crippen LogP contribution in [0, 0.1) is 0 Å². The van der Waals surface area contributed by atoms with Crippen molar-refractivity contribution in [3.63, 3.8) is 0 Å². The van der Waals surface area contributed by atoms with Gasteiger partial charge in [0.1, 0.15) is 10.6 Å². The molecule has 0 spiro atoms. The fourth-order valence-electron chi connectivity index (χ4n) is 3.51. The number of sulfonamides is 1. The molecule has 0 saturated carbocycles. The van der Waals surface area contributed by atoms with Crippen LogP contribution in [-0.2, 0) is 16.6 Å². The number of carbonyl (C=O) groups excluding carboxylic acids is 1. The lowest BCUT2D eigenvalue weighted by Crippen LogP contribution is -2.42. The topological polar surface area (TPSA) is 75.7 Å². The molecule has 2 aromatic carbocycles. The third-order valence-corrected chi connectivity index (χ3v) is 7.37. The molecule has 3 rings (SSSR count). The van der Waals surface area contributed by atoms with Gasteiger partial charge in [-0.05, 0) is 55.7 Å². The molecule has 1 unspecified atom stereocenters.